The number of benzene rings is 1. The Morgan fingerprint density at radius 3 is 2.54 bits per heavy atom. The average Bonchev–Trinajstić information content (AvgIpc) is 2.62. The molecule has 0 aliphatic carbocycles. The molecule has 0 unspecified atom stereocenters. The number of rotatable bonds is 3. The van der Waals surface area contributed by atoms with Crippen molar-refractivity contribution < 1.29 is 4.39 Å². The summed E-state index contributed by atoms with van der Waals surface area (Å²) >= 11 is 0. The van der Waals surface area contributed by atoms with E-state index in [-0.39, 0.29) is 11.4 Å². The van der Waals surface area contributed by atoms with Gasteiger partial charge in [-0.2, -0.15) is 0 Å². The number of nitrogens with zero attached hydrogens (tertiary/aromatic N) is 2. The quantitative estimate of drug-likeness (QED) is 0.693. The van der Waals surface area contributed by atoms with E-state index >= 15 is 0 Å². The molecular formula is C20H15FN2O. The predicted molar refractivity (Wildman–Crippen MR) is 91.8 cm³/mol. The third kappa shape index (κ3) is 3.96. The summed E-state index contributed by atoms with van der Waals surface area (Å²) in [6, 6.07) is 15.0. The van der Waals surface area contributed by atoms with E-state index in [0.717, 1.165) is 11.1 Å². The number of halogens is 1. The van der Waals surface area contributed by atoms with Gasteiger partial charge in [0.1, 0.15) is 11.5 Å². The van der Waals surface area contributed by atoms with E-state index in [1.54, 1.807) is 35.2 Å². The smallest absolute Gasteiger partial charge is 0.250 e. The normalized spacial score (nSPS) is 10.0. The number of aromatic nitrogens is 2. The Balaban J connectivity index is 1.74. The highest BCUT2D eigenvalue weighted by Crippen LogP contribution is 2.18. The van der Waals surface area contributed by atoms with Gasteiger partial charge in [0.2, 0.25) is 0 Å². The van der Waals surface area contributed by atoms with Crippen molar-refractivity contribution in [2.45, 2.75) is 13.0 Å². The van der Waals surface area contributed by atoms with Crippen LogP contribution in [0.2, 0.25) is 0 Å². The first-order valence-electron chi connectivity index (χ1n) is 7.59. The van der Waals surface area contributed by atoms with Crippen LogP contribution in [0.4, 0.5) is 4.39 Å². The van der Waals surface area contributed by atoms with Crippen molar-refractivity contribution in [2.24, 2.45) is 0 Å². The monoisotopic (exact) mass is 318 g/mol. The molecule has 0 radical (unpaired) electrons. The summed E-state index contributed by atoms with van der Waals surface area (Å²) in [7, 11) is 0. The summed E-state index contributed by atoms with van der Waals surface area (Å²) in [5.41, 5.74) is 2.36. The van der Waals surface area contributed by atoms with E-state index in [9.17, 15) is 9.18 Å². The summed E-state index contributed by atoms with van der Waals surface area (Å²) in [4.78, 5) is 16.1. The van der Waals surface area contributed by atoms with Gasteiger partial charge in [0.25, 0.3) is 5.56 Å². The Labute approximate surface area is 139 Å². The van der Waals surface area contributed by atoms with Crippen LogP contribution in [-0.2, 0) is 6.54 Å². The van der Waals surface area contributed by atoms with E-state index in [4.69, 9.17) is 0 Å². The molecule has 0 bridgehead atoms. The van der Waals surface area contributed by atoms with Gasteiger partial charge in [0.15, 0.2) is 0 Å². The molecule has 2 aromatic heterocycles. The third-order valence-electron chi connectivity index (χ3n) is 3.52. The summed E-state index contributed by atoms with van der Waals surface area (Å²) in [6.07, 6.45) is 4.02. The van der Waals surface area contributed by atoms with Crippen LogP contribution in [0.25, 0.3) is 11.1 Å². The van der Waals surface area contributed by atoms with E-state index in [2.05, 4.69) is 16.8 Å². The zero-order valence-electron chi connectivity index (χ0n) is 12.9. The Morgan fingerprint density at radius 1 is 1.00 bits per heavy atom. The van der Waals surface area contributed by atoms with Crippen molar-refractivity contribution >= 4 is 0 Å². The molecule has 3 aromatic rings. The van der Waals surface area contributed by atoms with Gasteiger partial charge in [-0.15, -0.1) is 0 Å². The van der Waals surface area contributed by atoms with Crippen LogP contribution in [-0.4, -0.2) is 9.55 Å². The Kier molecular flexibility index (Phi) is 4.83. The maximum absolute atomic E-state index is 13.0. The van der Waals surface area contributed by atoms with Gasteiger partial charge in [-0.1, -0.05) is 24.1 Å². The molecule has 4 heteroatoms. The second-order valence-electron chi connectivity index (χ2n) is 5.22. The molecule has 2 heterocycles. The molecule has 0 saturated carbocycles. The minimum Gasteiger partial charge on any atom is -0.314 e. The molecule has 24 heavy (non-hydrogen) atoms. The fourth-order valence-electron chi connectivity index (χ4n) is 2.29. The van der Waals surface area contributed by atoms with Crippen LogP contribution in [0, 0.1) is 17.7 Å². The standard InChI is InChI=1S/C20H15FN2O/c21-18-10-7-16(8-11-18)17-9-12-20(24)23(15-17)14-4-2-6-19-5-1-3-13-22-19/h1,3,5,7-13,15H,4,14H2. The number of aryl methyl sites for hydroxylation is 1. The maximum atomic E-state index is 13.0. The Bertz CT molecular complexity index is 935. The molecule has 3 rings (SSSR count). The van der Waals surface area contributed by atoms with Gasteiger partial charge in [-0.25, -0.2) is 9.37 Å². The molecule has 118 valence electrons. The summed E-state index contributed by atoms with van der Waals surface area (Å²) in [5, 5.41) is 0. The van der Waals surface area contributed by atoms with Gasteiger partial charge in [-0.05, 0) is 47.4 Å². The van der Waals surface area contributed by atoms with E-state index < -0.39 is 0 Å². The molecule has 0 atom stereocenters. The minimum absolute atomic E-state index is 0.0829. The zero-order chi connectivity index (χ0) is 16.8. The lowest BCUT2D eigenvalue weighted by molar-refractivity contribution is 0.628. The van der Waals surface area contributed by atoms with Gasteiger partial charge in [0, 0.05) is 31.4 Å². The van der Waals surface area contributed by atoms with Gasteiger partial charge < -0.3 is 4.57 Å². The zero-order valence-corrected chi connectivity index (χ0v) is 12.9. The fourth-order valence-corrected chi connectivity index (χ4v) is 2.29. The lowest BCUT2D eigenvalue weighted by Gasteiger charge is -2.07. The molecule has 1 aromatic carbocycles. The number of pyridine rings is 2. The Morgan fingerprint density at radius 2 is 1.79 bits per heavy atom. The van der Waals surface area contributed by atoms with Crippen LogP contribution in [0.3, 0.4) is 0 Å². The van der Waals surface area contributed by atoms with Gasteiger partial charge >= 0.3 is 0 Å². The summed E-state index contributed by atoms with van der Waals surface area (Å²) in [6.45, 7) is 0.494. The van der Waals surface area contributed by atoms with Gasteiger partial charge in [0.05, 0.1) is 0 Å². The second-order valence-corrected chi connectivity index (χ2v) is 5.22. The van der Waals surface area contributed by atoms with Gasteiger partial charge in [-0.3, -0.25) is 4.79 Å². The molecule has 0 fully saturated rings. The average molecular weight is 318 g/mol. The summed E-state index contributed by atoms with van der Waals surface area (Å²) < 4.78 is 14.6. The van der Waals surface area contributed by atoms with E-state index in [1.165, 1.54) is 18.2 Å². The van der Waals surface area contributed by atoms with Crippen molar-refractivity contribution in [1.82, 2.24) is 9.55 Å². The van der Waals surface area contributed by atoms with E-state index in [1.807, 2.05) is 18.2 Å². The third-order valence-corrected chi connectivity index (χ3v) is 3.52. The molecule has 0 amide bonds. The van der Waals surface area contributed by atoms with Crippen LogP contribution >= 0.6 is 0 Å². The molecule has 0 saturated heterocycles. The lowest BCUT2D eigenvalue weighted by atomic mass is 10.1. The maximum Gasteiger partial charge on any atom is 0.250 e. The molecule has 3 nitrogen and oxygen atoms in total. The SMILES string of the molecule is O=c1ccc(-c2ccc(F)cc2)cn1CCC#Cc1ccccn1. The van der Waals surface area contributed by atoms with Crippen LogP contribution < -0.4 is 5.56 Å². The highest BCUT2D eigenvalue weighted by Gasteiger charge is 2.01. The van der Waals surface area contributed by atoms with Crippen LogP contribution in [0.1, 0.15) is 12.1 Å². The van der Waals surface area contributed by atoms with Crippen molar-refractivity contribution in [3.8, 4) is 23.0 Å². The van der Waals surface area contributed by atoms with Crippen molar-refractivity contribution in [3.05, 3.63) is 88.9 Å². The minimum atomic E-state index is -0.281. The first-order chi connectivity index (χ1) is 11.7. The lowest BCUT2D eigenvalue weighted by Crippen LogP contribution is -2.18. The molecular weight excluding hydrogens is 303 g/mol. The first-order valence-corrected chi connectivity index (χ1v) is 7.59. The highest BCUT2D eigenvalue weighted by molar-refractivity contribution is 5.62. The first kappa shape index (κ1) is 15.7. The van der Waals surface area contributed by atoms with E-state index in [0.29, 0.717) is 18.7 Å². The fraction of sp³-hybridized carbons (Fsp3) is 0.100. The summed E-state index contributed by atoms with van der Waals surface area (Å²) in [5.74, 6) is 5.71. The van der Waals surface area contributed by atoms with Crippen molar-refractivity contribution in [3.63, 3.8) is 0 Å². The molecule has 0 spiro atoms. The largest absolute Gasteiger partial charge is 0.314 e. The van der Waals surface area contributed by atoms with Crippen molar-refractivity contribution in [2.75, 3.05) is 0 Å². The molecule has 0 aliphatic rings. The van der Waals surface area contributed by atoms with Crippen LogP contribution in [0.5, 0.6) is 0 Å². The molecule has 0 aliphatic heterocycles. The van der Waals surface area contributed by atoms with Crippen molar-refractivity contribution in [1.29, 1.82) is 0 Å². The number of hydrogen-bond donors (Lipinski definition) is 0. The second kappa shape index (κ2) is 7.38. The highest BCUT2D eigenvalue weighted by atomic mass is 19.1. The number of hydrogen-bond acceptors (Lipinski definition) is 2. The molecule has 0 N–H and O–H groups in total. The topological polar surface area (TPSA) is 34.9 Å². The predicted octanol–water partition coefficient (Wildman–Crippen LogP) is 3.49. The Hall–Kier alpha value is -3.19. The van der Waals surface area contributed by atoms with Crippen LogP contribution in [0.15, 0.2) is 71.8 Å².